The maximum atomic E-state index is 12.2. The Morgan fingerprint density at radius 1 is 1.48 bits per heavy atom. The van der Waals surface area contributed by atoms with Crippen LogP contribution < -0.4 is 4.74 Å². The normalized spacial score (nSPS) is 19.0. The van der Waals surface area contributed by atoms with Crippen molar-refractivity contribution < 1.29 is 17.9 Å². The highest BCUT2D eigenvalue weighted by Gasteiger charge is 2.27. The van der Waals surface area contributed by atoms with Crippen LogP contribution in [0.1, 0.15) is 12.8 Å². The molecule has 10 heteroatoms. The van der Waals surface area contributed by atoms with Crippen LogP contribution in [-0.4, -0.2) is 72.5 Å². The highest BCUT2D eigenvalue weighted by atomic mass is 35.5. The second-order valence-electron chi connectivity index (χ2n) is 5.42. The number of hydrogen-bond donors (Lipinski definition) is 0. The molecule has 8 nitrogen and oxygen atoms in total. The number of likely N-dealkylation sites (N-methyl/N-ethyl adjacent to an activating group) is 1. The van der Waals surface area contributed by atoms with Crippen molar-refractivity contribution in [2.24, 2.45) is 0 Å². The van der Waals surface area contributed by atoms with Crippen LogP contribution in [0.25, 0.3) is 0 Å². The Kier molecular flexibility index (Phi) is 5.77. The molecule has 0 spiro atoms. The summed E-state index contributed by atoms with van der Waals surface area (Å²) >= 11 is 5.72. The van der Waals surface area contributed by atoms with Crippen molar-refractivity contribution in [3.8, 4) is 6.01 Å². The number of likely N-dealkylation sites (tertiary alicyclic amines) is 1. The van der Waals surface area contributed by atoms with E-state index in [4.69, 9.17) is 16.3 Å². The lowest BCUT2D eigenvalue weighted by atomic mass is 10.1. The van der Waals surface area contributed by atoms with E-state index in [1.807, 2.05) is 0 Å². The van der Waals surface area contributed by atoms with E-state index >= 15 is 0 Å². The lowest BCUT2D eigenvalue weighted by molar-refractivity contribution is -0.133. The average Bonchev–Trinajstić information content (AvgIpc) is 2.49. The number of aromatic nitrogens is 2. The molecule has 0 unspecified atom stereocenters. The first kappa shape index (κ1) is 17.9. The zero-order chi connectivity index (χ0) is 17.0. The Morgan fingerprint density at radius 3 is 2.74 bits per heavy atom. The van der Waals surface area contributed by atoms with Crippen LogP contribution >= 0.6 is 11.6 Å². The topological polar surface area (TPSA) is 92.7 Å². The van der Waals surface area contributed by atoms with Gasteiger partial charge in [-0.05, 0) is 12.8 Å². The van der Waals surface area contributed by atoms with Gasteiger partial charge in [-0.15, -0.1) is 0 Å². The number of ether oxygens (including phenoxy) is 1. The predicted molar refractivity (Wildman–Crippen MR) is 84.7 cm³/mol. The number of carbonyl (C=O) groups is 1. The number of sulfonamides is 1. The molecule has 0 N–H and O–H groups in total. The highest BCUT2D eigenvalue weighted by molar-refractivity contribution is 7.88. The van der Waals surface area contributed by atoms with Crippen molar-refractivity contribution in [3.63, 3.8) is 0 Å². The summed E-state index contributed by atoms with van der Waals surface area (Å²) in [6.07, 6.45) is 5.27. The van der Waals surface area contributed by atoms with E-state index in [1.54, 1.807) is 4.90 Å². The fourth-order valence-corrected chi connectivity index (χ4v) is 2.62. The fourth-order valence-electron chi connectivity index (χ4n) is 2.18. The largest absolute Gasteiger partial charge is 0.458 e. The zero-order valence-corrected chi connectivity index (χ0v) is 14.5. The molecule has 0 aromatic carbocycles. The molecule has 2 heterocycles. The summed E-state index contributed by atoms with van der Waals surface area (Å²) in [6.45, 7) is 0.781. The number of halogens is 1. The molecule has 23 heavy (non-hydrogen) atoms. The van der Waals surface area contributed by atoms with Gasteiger partial charge in [0.15, 0.2) is 0 Å². The van der Waals surface area contributed by atoms with Gasteiger partial charge < -0.3 is 9.64 Å². The van der Waals surface area contributed by atoms with Gasteiger partial charge in [-0.25, -0.2) is 18.4 Å². The summed E-state index contributed by atoms with van der Waals surface area (Å²) < 4.78 is 29.5. The monoisotopic (exact) mass is 362 g/mol. The summed E-state index contributed by atoms with van der Waals surface area (Å²) in [5.74, 6) is -0.247. The molecule has 1 fully saturated rings. The minimum Gasteiger partial charge on any atom is -0.458 e. The molecule has 0 bridgehead atoms. The molecular formula is C13H19ClN4O4S. The summed E-state index contributed by atoms with van der Waals surface area (Å²) in [6, 6.07) is 0.210. The first-order chi connectivity index (χ1) is 10.8. The molecule has 1 aliphatic heterocycles. The standard InChI is InChI=1S/C13H19ClN4O4S/c1-17(23(2,20)21)9-12(19)18-5-3-4-11(8-18)22-13-15-6-10(14)7-16-13/h6-7,11H,3-5,8-9H2,1-2H3/t11-/m1/s1. The van der Waals surface area contributed by atoms with Crippen LogP contribution in [0.3, 0.4) is 0 Å². The number of nitrogens with zero attached hydrogens (tertiary/aromatic N) is 4. The number of carbonyl (C=O) groups excluding carboxylic acids is 1. The molecule has 2 rings (SSSR count). The van der Waals surface area contributed by atoms with E-state index in [9.17, 15) is 13.2 Å². The fraction of sp³-hybridized carbons (Fsp3) is 0.615. The van der Waals surface area contributed by atoms with E-state index in [0.717, 1.165) is 23.4 Å². The van der Waals surface area contributed by atoms with Gasteiger partial charge in [0.05, 0.1) is 36.8 Å². The van der Waals surface area contributed by atoms with Crippen LogP contribution in [-0.2, 0) is 14.8 Å². The van der Waals surface area contributed by atoms with Crippen LogP contribution in [0.5, 0.6) is 6.01 Å². The van der Waals surface area contributed by atoms with Gasteiger partial charge in [0, 0.05) is 13.6 Å². The Labute approximate surface area is 140 Å². The smallest absolute Gasteiger partial charge is 0.316 e. The third-order valence-corrected chi connectivity index (χ3v) is 4.98. The van der Waals surface area contributed by atoms with Crippen molar-refractivity contribution in [1.82, 2.24) is 19.2 Å². The summed E-state index contributed by atoms with van der Waals surface area (Å²) in [7, 11) is -2.00. The quantitative estimate of drug-likeness (QED) is 0.752. The van der Waals surface area contributed by atoms with E-state index in [0.29, 0.717) is 18.1 Å². The average molecular weight is 363 g/mol. The minimum atomic E-state index is -3.38. The molecule has 0 aliphatic carbocycles. The van der Waals surface area contributed by atoms with E-state index in [1.165, 1.54) is 19.4 Å². The lowest BCUT2D eigenvalue weighted by Gasteiger charge is -2.33. The van der Waals surface area contributed by atoms with Crippen LogP contribution in [0, 0.1) is 0 Å². The number of rotatable bonds is 5. The van der Waals surface area contributed by atoms with Gasteiger partial charge in [0.1, 0.15) is 6.10 Å². The molecule has 1 aromatic rings. The molecule has 0 saturated carbocycles. The van der Waals surface area contributed by atoms with Crippen molar-refractivity contribution in [2.45, 2.75) is 18.9 Å². The van der Waals surface area contributed by atoms with Crippen molar-refractivity contribution >= 4 is 27.5 Å². The Bertz CT molecular complexity index is 652. The maximum absolute atomic E-state index is 12.2. The van der Waals surface area contributed by atoms with E-state index < -0.39 is 10.0 Å². The van der Waals surface area contributed by atoms with Gasteiger partial charge in [-0.2, -0.15) is 4.31 Å². The highest BCUT2D eigenvalue weighted by Crippen LogP contribution is 2.16. The molecular weight excluding hydrogens is 344 g/mol. The van der Waals surface area contributed by atoms with Gasteiger partial charge in [0.2, 0.25) is 15.9 Å². The number of amides is 1. The maximum Gasteiger partial charge on any atom is 0.316 e. The van der Waals surface area contributed by atoms with E-state index in [-0.39, 0.29) is 24.6 Å². The molecule has 1 aliphatic rings. The molecule has 1 amide bonds. The number of piperidine rings is 1. The summed E-state index contributed by atoms with van der Waals surface area (Å²) in [5, 5.41) is 0.418. The molecule has 1 saturated heterocycles. The first-order valence-electron chi connectivity index (χ1n) is 7.09. The van der Waals surface area contributed by atoms with Gasteiger partial charge in [-0.1, -0.05) is 11.6 Å². The predicted octanol–water partition coefficient (Wildman–Crippen LogP) is 0.391. The zero-order valence-electron chi connectivity index (χ0n) is 13.0. The second kappa shape index (κ2) is 7.41. The SMILES string of the molecule is CN(CC(=O)N1CCC[C@@H](Oc2ncc(Cl)cn2)C1)S(C)(=O)=O. The second-order valence-corrected chi connectivity index (χ2v) is 7.95. The van der Waals surface area contributed by atoms with Crippen LogP contribution in [0.4, 0.5) is 0 Å². The number of hydrogen-bond acceptors (Lipinski definition) is 6. The van der Waals surface area contributed by atoms with E-state index in [2.05, 4.69) is 9.97 Å². The third kappa shape index (κ3) is 5.29. The van der Waals surface area contributed by atoms with Gasteiger partial charge >= 0.3 is 6.01 Å². The van der Waals surface area contributed by atoms with Crippen molar-refractivity contribution in [2.75, 3.05) is 32.9 Å². The van der Waals surface area contributed by atoms with Crippen LogP contribution in [0.15, 0.2) is 12.4 Å². The molecule has 0 radical (unpaired) electrons. The first-order valence-corrected chi connectivity index (χ1v) is 9.31. The van der Waals surface area contributed by atoms with Crippen molar-refractivity contribution in [3.05, 3.63) is 17.4 Å². The van der Waals surface area contributed by atoms with Crippen LogP contribution in [0.2, 0.25) is 5.02 Å². The van der Waals surface area contributed by atoms with Gasteiger partial charge in [0.25, 0.3) is 0 Å². The minimum absolute atomic E-state index is 0.178. The molecule has 128 valence electrons. The summed E-state index contributed by atoms with van der Waals surface area (Å²) in [5.41, 5.74) is 0. The molecule has 1 aromatic heterocycles. The summed E-state index contributed by atoms with van der Waals surface area (Å²) in [4.78, 5) is 21.7. The Balaban J connectivity index is 1.92. The Hall–Kier alpha value is -1.45. The van der Waals surface area contributed by atoms with Crippen molar-refractivity contribution in [1.29, 1.82) is 0 Å². The third-order valence-electron chi connectivity index (χ3n) is 3.52. The molecule has 1 atom stereocenters. The van der Waals surface area contributed by atoms with Gasteiger partial charge in [-0.3, -0.25) is 4.79 Å². The lowest BCUT2D eigenvalue weighted by Crippen LogP contribution is -2.48. The Morgan fingerprint density at radius 2 is 2.13 bits per heavy atom.